The average molecular weight is 276 g/mol. The van der Waals surface area contributed by atoms with E-state index < -0.39 is 0 Å². The summed E-state index contributed by atoms with van der Waals surface area (Å²) in [5.41, 5.74) is 5.96. The lowest BCUT2D eigenvalue weighted by Gasteiger charge is -2.26. The fourth-order valence-corrected chi connectivity index (χ4v) is 3.32. The highest BCUT2D eigenvalue weighted by Crippen LogP contribution is 2.20. The van der Waals surface area contributed by atoms with E-state index in [-0.39, 0.29) is 11.9 Å². The van der Waals surface area contributed by atoms with Gasteiger partial charge in [-0.25, -0.2) is 0 Å². The van der Waals surface area contributed by atoms with Gasteiger partial charge in [-0.05, 0) is 37.5 Å². The number of carbonyl (C=O) groups is 1. The van der Waals surface area contributed by atoms with Crippen molar-refractivity contribution in [1.29, 1.82) is 0 Å². The summed E-state index contributed by atoms with van der Waals surface area (Å²) in [5, 5.41) is 0.592. The standard InChI is InChI=1S/C12H24N2OS2/c1-16-8-6-11(13)12(15)14-7-4-3-5-10(9-14)17-2/h10-11H,3-9,13H2,1-2H3/t10-,11-/m0/s1. The highest BCUT2D eigenvalue weighted by molar-refractivity contribution is 7.99. The van der Waals surface area contributed by atoms with Crippen molar-refractivity contribution >= 4 is 29.4 Å². The van der Waals surface area contributed by atoms with Crippen molar-refractivity contribution in [3.8, 4) is 0 Å². The maximum atomic E-state index is 12.2. The van der Waals surface area contributed by atoms with Gasteiger partial charge in [0.1, 0.15) is 0 Å². The Morgan fingerprint density at radius 2 is 2.24 bits per heavy atom. The lowest BCUT2D eigenvalue weighted by Crippen LogP contribution is -2.46. The van der Waals surface area contributed by atoms with E-state index >= 15 is 0 Å². The second-order valence-corrected chi connectivity index (χ2v) is 6.65. The molecule has 1 heterocycles. The summed E-state index contributed by atoms with van der Waals surface area (Å²) in [7, 11) is 0. The highest BCUT2D eigenvalue weighted by atomic mass is 32.2. The Morgan fingerprint density at radius 3 is 2.88 bits per heavy atom. The molecule has 1 rings (SSSR count). The van der Waals surface area contributed by atoms with Gasteiger partial charge in [0.25, 0.3) is 0 Å². The molecule has 0 saturated carbocycles. The molecule has 17 heavy (non-hydrogen) atoms. The highest BCUT2D eigenvalue weighted by Gasteiger charge is 2.24. The summed E-state index contributed by atoms with van der Waals surface area (Å²) in [6.45, 7) is 1.77. The molecule has 0 aromatic heterocycles. The van der Waals surface area contributed by atoms with Gasteiger partial charge < -0.3 is 10.6 Å². The summed E-state index contributed by atoms with van der Waals surface area (Å²) < 4.78 is 0. The van der Waals surface area contributed by atoms with Crippen LogP contribution in [0, 0.1) is 0 Å². The van der Waals surface area contributed by atoms with E-state index in [0.717, 1.165) is 31.7 Å². The van der Waals surface area contributed by atoms with Crippen molar-refractivity contribution in [2.24, 2.45) is 5.73 Å². The maximum absolute atomic E-state index is 12.2. The van der Waals surface area contributed by atoms with E-state index in [1.54, 1.807) is 11.8 Å². The van der Waals surface area contributed by atoms with Crippen molar-refractivity contribution in [2.45, 2.75) is 37.0 Å². The van der Waals surface area contributed by atoms with Gasteiger partial charge in [0.15, 0.2) is 0 Å². The molecule has 1 amide bonds. The third kappa shape index (κ3) is 5.10. The third-order valence-electron chi connectivity index (χ3n) is 3.22. The molecule has 3 nitrogen and oxygen atoms in total. The van der Waals surface area contributed by atoms with Crippen LogP contribution in [0.15, 0.2) is 0 Å². The summed E-state index contributed by atoms with van der Waals surface area (Å²) in [6, 6.07) is -0.303. The van der Waals surface area contributed by atoms with Crippen molar-refractivity contribution < 1.29 is 4.79 Å². The van der Waals surface area contributed by atoms with Crippen molar-refractivity contribution in [3.63, 3.8) is 0 Å². The van der Waals surface area contributed by atoms with Crippen LogP contribution < -0.4 is 5.73 Å². The molecule has 2 atom stereocenters. The summed E-state index contributed by atoms with van der Waals surface area (Å²) >= 11 is 3.62. The van der Waals surface area contributed by atoms with Crippen molar-refractivity contribution in [3.05, 3.63) is 0 Å². The molecule has 1 fully saturated rings. The molecule has 0 unspecified atom stereocenters. The van der Waals surface area contributed by atoms with Gasteiger partial charge in [-0.1, -0.05) is 6.42 Å². The van der Waals surface area contributed by atoms with Gasteiger partial charge in [-0.3, -0.25) is 4.79 Å². The van der Waals surface area contributed by atoms with Crippen LogP contribution in [0.5, 0.6) is 0 Å². The second kappa shape index (κ2) is 8.27. The van der Waals surface area contributed by atoms with Crippen LogP contribution in [0.25, 0.3) is 0 Å². The molecule has 0 aromatic carbocycles. The molecule has 100 valence electrons. The molecule has 5 heteroatoms. The zero-order valence-electron chi connectivity index (χ0n) is 10.9. The molecular weight excluding hydrogens is 252 g/mol. The zero-order valence-corrected chi connectivity index (χ0v) is 12.5. The van der Waals surface area contributed by atoms with E-state index in [1.807, 2.05) is 22.9 Å². The number of thioether (sulfide) groups is 2. The number of likely N-dealkylation sites (tertiary alicyclic amines) is 1. The van der Waals surface area contributed by atoms with Gasteiger partial charge in [-0.15, -0.1) is 0 Å². The number of amides is 1. The van der Waals surface area contributed by atoms with Gasteiger partial charge >= 0.3 is 0 Å². The molecule has 2 N–H and O–H groups in total. The van der Waals surface area contributed by atoms with Gasteiger partial charge in [0.2, 0.25) is 5.91 Å². The fourth-order valence-electron chi connectivity index (χ4n) is 2.10. The number of hydrogen-bond acceptors (Lipinski definition) is 4. The van der Waals surface area contributed by atoms with Crippen molar-refractivity contribution in [1.82, 2.24) is 4.90 Å². The van der Waals surface area contributed by atoms with Crippen LogP contribution in [0.1, 0.15) is 25.7 Å². The Morgan fingerprint density at radius 1 is 1.47 bits per heavy atom. The smallest absolute Gasteiger partial charge is 0.239 e. The first-order valence-corrected chi connectivity index (χ1v) is 8.93. The number of carbonyl (C=O) groups excluding carboxylic acids is 1. The van der Waals surface area contributed by atoms with Crippen LogP contribution in [0.2, 0.25) is 0 Å². The van der Waals surface area contributed by atoms with E-state index in [2.05, 4.69) is 6.26 Å². The molecule has 0 bridgehead atoms. The lowest BCUT2D eigenvalue weighted by atomic mass is 10.2. The number of hydrogen-bond donors (Lipinski definition) is 1. The molecular formula is C12H24N2OS2. The minimum absolute atomic E-state index is 0.153. The maximum Gasteiger partial charge on any atom is 0.239 e. The molecule has 0 spiro atoms. The van der Waals surface area contributed by atoms with Crippen LogP contribution in [-0.4, -0.2) is 53.5 Å². The molecule has 0 radical (unpaired) electrons. The first kappa shape index (κ1) is 15.2. The first-order valence-electron chi connectivity index (χ1n) is 6.25. The largest absolute Gasteiger partial charge is 0.340 e. The number of rotatable bonds is 5. The Bertz CT molecular complexity index is 239. The molecule has 1 aliphatic rings. The normalized spacial score (nSPS) is 23.2. The predicted molar refractivity (Wildman–Crippen MR) is 78.7 cm³/mol. The van der Waals surface area contributed by atoms with E-state index in [4.69, 9.17) is 5.73 Å². The van der Waals surface area contributed by atoms with E-state index in [9.17, 15) is 4.79 Å². The summed E-state index contributed by atoms with van der Waals surface area (Å²) in [4.78, 5) is 14.2. The minimum atomic E-state index is -0.303. The van der Waals surface area contributed by atoms with Crippen LogP contribution in [0.4, 0.5) is 0 Å². The monoisotopic (exact) mass is 276 g/mol. The van der Waals surface area contributed by atoms with Crippen LogP contribution in [0.3, 0.4) is 0 Å². The second-order valence-electron chi connectivity index (χ2n) is 4.53. The quantitative estimate of drug-likeness (QED) is 0.832. The SMILES string of the molecule is CSCC[C@H](N)C(=O)N1CCCC[C@H](SC)C1. The molecule has 1 saturated heterocycles. The third-order valence-corrected chi connectivity index (χ3v) is 4.92. The van der Waals surface area contributed by atoms with E-state index in [0.29, 0.717) is 5.25 Å². The fraction of sp³-hybridized carbons (Fsp3) is 0.917. The topological polar surface area (TPSA) is 46.3 Å². The molecule has 1 aliphatic heterocycles. The first-order chi connectivity index (χ1) is 8.19. The summed E-state index contributed by atoms with van der Waals surface area (Å²) in [5.74, 6) is 1.12. The minimum Gasteiger partial charge on any atom is -0.340 e. The van der Waals surface area contributed by atoms with E-state index in [1.165, 1.54) is 12.8 Å². The average Bonchev–Trinajstić information content (AvgIpc) is 2.60. The van der Waals surface area contributed by atoms with Crippen LogP contribution in [-0.2, 0) is 4.79 Å². The van der Waals surface area contributed by atoms with Gasteiger partial charge in [-0.2, -0.15) is 23.5 Å². The number of nitrogens with two attached hydrogens (primary N) is 1. The number of nitrogens with zero attached hydrogens (tertiary/aromatic N) is 1. The Kier molecular flexibility index (Phi) is 7.39. The Labute approximate surface area is 113 Å². The molecule has 0 aromatic rings. The Hall–Kier alpha value is 0.130. The predicted octanol–water partition coefficient (Wildman–Crippen LogP) is 1.81. The van der Waals surface area contributed by atoms with Gasteiger partial charge in [0.05, 0.1) is 6.04 Å². The molecule has 0 aliphatic carbocycles. The van der Waals surface area contributed by atoms with Gasteiger partial charge in [0, 0.05) is 18.3 Å². The van der Waals surface area contributed by atoms with Crippen molar-refractivity contribution in [2.75, 3.05) is 31.4 Å². The summed E-state index contributed by atoms with van der Waals surface area (Å²) in [6.07, 6.45) is 8.55. The van der Waals surface area contributed by atoms with Crippen LogP contribution >= 0.6 is 23.5 Å². The lowest BCUT2D eigenvalue weighted by molar-refractivity contribution is -0.132. The zero-order chi connectivity index (χ0) is 12.7. The Balaban J connectivity index is 2.48.